The van der Waals surface area contributed by atoms with Crippen molar-refractivity contribution in [1.29, 1.82) is 0 Å². The van der Waals surface area contributed by atoms with Gasteiger partial charge < -0.3 is 10.4 Å². The van der Waals surface area contributed by atoms with E-state index in [4.69, 9.17) is 11.6 Å². The Hall–Kier alpha value is -2.00. The first-order chi connectivity index (χ1) is 9.15. The molecule has 2 rings (SSSR count). The summed E-state index contributed by atoms with van der Waals surface area (Å²) in [5, 5.41) is 13.0. The minimum absolute atomic E-state index is 0.138. The molecule has 0 heterocycles. The van der Waals surface area contributed by atoms with Crippen LogP contribution in [0.1, 0.15) is 11.1 Å². The smallest absolute Gasteiger partial charge is 0.224 e. The maximum atomic E-state index is 11.8. The molecule has 0 radical (unpaired) electrons. The Balaban J connectivity index is 1.90. The summed E-state index contributed by atoms with van der Waals surface area (Å²) in [4.78, 5) is 11.8. The van der Waals surface area contributed by atoms with Gasteiger partial charge in [0.1, 0.15) is 5.75 Å². The molecule has 0 saturated carbocycles. The molecule has 0 saturated heterocycles. The second-order valence-corrected chi connectivity index (χ2v) is 4.65. The average molecular weight is 276 g/mol. The van der Waals surface area contributed by atoms with E-state index < -0.39 is 0 Å². The van der Waals surface area contributed by atoms with Crippen molar-refractivity contribution in [3.63, 3.8) is 0 Å². The van der Waals surface area contributed by atoms with Crippen LogP contribution in [0.4, 0.5) is 0 Å². The third kappa shape index (κ3) is 4.00. The van der Waals surface area contributed by atoms with Crippen molar-refractivity contribution in [2.75, 3.05) is 0 Å². The van der Waals surface area contributed by atoms with Crippen LogP contribution in [0.3, 0.4) is 0 Å². The number of rotatable bonds is 4. The maximum absolute atomic E-state index is 11.8. The fourth-order valence-corrected chi connectivity index (χ4v) is 1.96. The molecule has 0 aliphatic rings. The molecule has 2 aromatic rings. The van der Waals surface area contributed by atoms with Crippen LogP contribution in [0.15, 0.2) is 48.5 Å². The van der Waals surface area contributed by atoms with E-state index in [0.29, 0.717) is 17.1 Å². The van der Waals surface area contributed by atoms with Crippen LogP contribution < -0.4 is 5.32 Å². The lowest BCUT2D eigenvalue weighted by atomic mass is 10.1. The first-order valence-electron chi connectivity index (χ1n) is 5.93. The molecule has 98 valence electrons. The van der Waals surface area contributed by atoms with Gasteiger partial charge in [-0.25, -0.2) is 0 Å². The Kier molecular flexibility index (Phi) is 4.42. The standard InChI is InChI=1S/C15H14ClNO2/c16-13-6-3-4-11(8-13)10-17-15(19)9-12-5-1-2-7-14(12)18/h1-8,18H,9-10H2,(H,17,19). The van der Waals surface area contributed by atoms with Gasteiger partial charge in [0.2, 0.25) is 5.91 Å². The normalized spacial score (nSPS) is 10.2. The van der Waals surface area contributed by atoms with E-state index in [9.17, 15) is 9.90 Å². The van der Waals surface area contributed by atoms with Crippen molar-refractivity contribution in [2.45, 2.75) is 13.0 Å². The van der Waals surface area contributed by atoms with Gasteiger partial charge in [-0.3, -0.25) is 4.79 Å². The van der Waals surface area contributed by atoms with Gasteiger partial charge in [-0.15, -0.1) is 0 Å². The molecule has 0 atom stereocenters. The van der Waals surface area contributed by atoms with Crippen LogP contribution in [-0.4, -0.2) is 11.0 Å². The number of nitrogens with one attached hydrogen (secondary N) is 1. The van der Waals surface area contributed by atoms with Crippen LogP contribution >= 0.6 is 11.6 Å². The molecular formula is C15H14ClNO2. The van der Waals surface area contributed by atoms with E-state index in [0.717, 1.165) is 5.56 Å². The van der Waals surface area contributed by atoms with Gasteiger partial charge in [-0.2, -0.15) is 0 Å². The van der Waals surface area contributed by atoms with Crippen molar-refractivity contribution in [3.8, 4) is 5.75 Å². The maximum Gasteiger partial charge on any atom is 0.224 e. The summed E-state index contributed by atoms with van der Waals surface area (Å²) in [6, 6.07) is 14.1. The molecule has 0 aromatic heterocycles. The molecule has 0 aliphatic heterocycles. The number of hydrogen-bond acceptors (Lipinski definition) is 2. The zero-order valence-corrected chi connectivity index (χ0v) is 11.0. The molecule has 0 spiro atoms. The number of hydrogen-bond donors (Lipinski definition) is 2. The zero-order valence-electron chi connectivity index (χ0n) is 10.3. The van der Waals surface area contributed by atoms with Crippen molar-refractivity contribution in [3.05, 3.63) is 64.7 Å². The number of aromatic hydroxyl groups is 1. The topological polar surface area (TPSA) is 49.3 Å². The van der Waals surface area contributed by atoms with Crippen LogP contribution in [0.25, 0.3) is 0 Å². The molecule has 2 N–H and O–H groups in total. The number of phenols is 1. The van der Waals surface area contributed by atoms with Crippen molar-refractivity contribution in [1.82, 2.24) is 5.32 Å². The molecule has 0 aliphatic carbocycles. The van der Waals surface area contributed by atoms with Crippen LogP contribution in [-0.2, 0) is 17.8 Å². The molecule has 3 nitrogen and oxygen atoms in total. The van der Waals surface area contributed by atoms with Gasteiger partial charge in [0, 0.05) is 17.1 Å². The Morgan fingerprint density at radius 2 is 1.95 bits per heavy atom. The summed E-state index contributed by atoms with van der Waals surface area (Å²) in [5.74, 6) is 0.00174. The number of amides is 1. The predicted octanol–water partition coefficient (Wildman–Crippen LogP) is 2.90. The molecular weight excluding hydrogens is 262 g/mol. The highest BCUT2D eigenvalue weighted by atomic mass is 35.5. The molecule has 0 fully saturated rings. The van der Waals surface area contributed by atoms with Gasteiger partial charge in [-0.05, 0) is 23.8 Å². The lowest BCUT2D eigenvalue weighted by Crippen LogP contribution is -2.24. The lowest BCUT2D eigenvalue weighted by Gasteiger charge is -2.07. The molecule has 19 heavy (non-hydrogen) atoms. The lowest BCUT2D eigenvalue weighted by molar-refractivity contribution is -0.120. The Morgan fingerprint density at radius 1 is 1.16 bits per heavy atom. The SMILES string of the molecule is O=C(Cc1ccccc1O)NCc1cccc(Cl)c1. The molecule has 2 aromatic carbocycles. The number of carbonyl (C=O) groups is 1. The Morgan fingerprint density at radius 3 is 2.68 bits per heavy atom. The van der Waals surface area contributed by atoms with Crippen LogP contribution in [0.5, 0.6) is 5.75 Å². The molecule has 1 amide bonds. The van der Waals surface area contributed by atoms with E-state index in [2.05, 4.69) is 5.32 Å². The van der Waals surface area contributed by atoms with Gasteiger partial charge in [0.05, 0.1) is 6.42 Å². The minimum atomic E-state index is -0.138. The van der Waals surface area contributed by atoms with E-state index in [-0.39, 0.29) is 18.1 Å². The molecule has 0 bridgehead atoms. The van der Waals surface area contributed by atoms with E-state index in [1.165, 1.54) is 0 Å². The second-order valence-electron chi connectivity index (χ2n) is 4.21. The number of carbonyl (C=O) groups excluding carboxylic acids is 1. The third-order valence-electron chi connectivity index (χ3n) is 2.72. The fourth-order valence-electron chi connectivity index (χ4n) is 1.74. The van der Waals surface area contributed by atoms with Crippen LogP contribution in [0, 0.1) is 0 Å². The second kappa shape index (κ2) is 6.25. The van der Waals surface area contributed by atoms with E-state index >= 15 is 0 Å². The summed E-state index contributed by atoms with van der Waals surface area (Å²) >= 11 is 5.86. The summed E-state index contributed by atoms with van der Waals surface area (Å²) in [7, 11) is 0. The largest absolute Gasteiger partial charge is 0.508 e. The van der Waals surface area contributed by atoms with Gasteiger partial charge in [-0.1, -0.05) is 41.9 Å². The average Bonchev–Trinajstić information content (AvgIpc) is 2.39. The van der Waals surface area contributed by atoms with Gasteiger partial charge in [0.15, 0.2) is 0 Å². The summed E-state index contributed by atoms with van der Waals surface area (Å²) in [6.45, 7) is 0.424. The highest BCUT2D eigenvalue weighted by Gasteiger charge is 2.06. The Bertz CT molecular complexity index is 584. The number of para-hydroxylation sites is 1. The minimum Gasteiger partial charge on any atom is -0.508 e. The van der Waals surface area contributed by atoms with E-state index in [1.54, 1.807) is 30.3 Å². The van der Waals surface area contributed by atoms with Crippen LogP contribution in [0.2, 0.25) is 5.02 Å². The number of phenolic OH excluding ortho intramolecular Hbond substituents is 1. The molecule has 0 unspecified atom stereocenters. The monoisotopic (exact) mass is 275 g/mol. The van der Waals surface area contributed by atoms with Crippen molar-refractivity contribution < 1.29 is 9.90 Å². The van der Waals surface area contributed by atoms with Crippen molar-refractivity contribution in [2.24, 2.45) is 0 Å². The van der Waals surface area contributed by atoms with E-state index in [1.807, 2.05) is 18.2 Å². The third-order valence-corrected chi connectivity index (χ3v) is 2.96. The highest BCUT2D eigenvalue weighted by molar-refractivity contribution is 6.30. The quantitative estimate of drug-likeness (QED) is 0.901. The summed E-state index contributed by atoms with van der Waals surface area (Å²) in [5.41, 5.74) is 1.56. The Labute approximate surface area is 116 Å². The summed E-state index contributed by atoms with van der Waals surface area (Å²) < 4.78 is 0. The highest BCUT2D eigenvalue weighted by Crippen LogP contribution is 2.16. The fraction of sp³-hybridized carbons (Fsp3) is 0.133. The first kappa shape index (κ1) is 13.4. The molecule has 4 heteroatoms. The van der Waals surface area contributed by atoms with Gasteiger partial charge in [0.25, 0.3) is 0 Å². The zero-order chi connectivity index (χ0) is 13.7. The van der Waals surface area contributed by atoms with Crippen molar-refractivity contribution >= 4 is 17.5 Å². The van der Waals surface area contributed by atoms with Gasteiger partial charge >= 0.3 is 0 Å². The predicted molar refractivity (Wildman–Crippen MR) is 75.1 cm³/mol. The summed E-state index contributed by atoms with van der Waals surface area (Å²) in [6.07, 6.45) is 0.160. The first-order valence-corrected chi connectivity index (χ1v) is 6.31. The number of halogens is 1. The number of benzene rings is 2.